The van der Waals surface area contributed by atoms with Crippen LogP contribution in [-0.2, 0) is 15.8 Å². The summed E-state index contributed by atoms with van der Waals surface area (Å²) < 4.78 is 38.9. The zero-order valence-electron chi connectivity index (χ0n) is 21.3. The number of fused-ring (bicyclic) bond motifs is 3. The first kappa shape index (κ1) is 27.0. The standard InChI is InChI=1S/C27H33F3N4O3/c1-16-32-22(17-4-6-19(7-5-17)27(28,29)30)11-23(33-16)21-15-34-9-8-18(21)10-20(34)14-31-24(35)12-26(2,3)13-25(36)37/h4-7,11,18,20-21H,8-10,12-15H2,1-3H3,(H,31,35)(H,36,37). The number of nitrogens with zero attached hydrogens (tertiary/aromatic N) is 3. The number of hydrogen-bond donors (Lipinski definition) is 2. The van der Waals surface area contributed by atoms with E-state index in [0.717, 1.165) is 43.8 Å². The number of benzene rings is 1. The number of alkyl halides is 3. The first-order chi connectivity index (χ1) is 17.3. The number of nitrogens with one attached hydrogen (secondary N) is 1. The molecular formula is C27H33F3N4O3. The molecule has 4 atom stereocenters. The van der Waals surface area contributed by atoms with Crippen LogP contribution in [0.5, 0.6) is 0 Å². The number of halogens is 3. The summed E-state index contributed by atoms with van der Waals surface area (Å²) in [6.45, 7) is 7.59. The van der Waals surface area contributed by atoms with Gasteiger partial charge in [0.25, 0.3) is 0 Å². The van der Waals surface area contributed by atoms with Gasteiger partial charge in [0.15, 0.2) is 0 Å². The van der Waals surface area contributed by atoms with Crippen LogP contribution in [0.15, 0.2) is 30.3 Å². The van der Waals surface area contributed by atoms with Gasteiger partial charge in [0.05, 0.1) is 17.7 Å². The summed E-state index contributed by atoms with van der Waals surface area (Å²) in [5.74, 6) is 0.0888. The van der Waals surface area contributed by atoms with Crippen molar-refractivity contribution in [2.75, 3.05) is 19.6 Å². The van der Waals surface area contributed by atoms with Crippen molar-refractivity contribution in [2.24, 2.45) is 11.3 Å². The Morgan fingerprint density at radius 1 is 1.14 bits per heavy atom. The molecule has 2 bridgehead atoms. The minimum Gasteiger partial charge on any atom is -0.481 e. The molecule has 37 heavy (non-hydrogen) atoms. The normalized spacial score (nSPS) is 23.6. The Bertz CT molecular complexity index is 1150. The molecule has 5 rings (SSSR count). The first-order valence-corrected chi connectivity index (χ1v) is 12.6. The van der Waals surface area contributed by atoms with Gasteiger partial charge in [-0.1, -0.05) is 26.0 Å². The third-order valence-electron chi connectivity index (χ3n) is 7.43. The van der Waals surface area contributed by atoms with Gasteiger partial charge in [0.2, 0.25) is 5.91 Å². The van der Waals surface area contributed by atoms with Crippen LogP contribution in [0, 0.1) is 18.3 Å². The van der Waals surface area contributed by atoms with E-state index in [-0.39, 0.29) is 30.7 Å². The Morgan fingerprint density at radius 3 is 2.43 bits per heavy atom. The number of rotatable bonds is 8. The molecule has 7 nitrogen and oxygen atoms in total. The average molecular weight is 519 g/mol. The Balaban J connectivity index is 1.41. The highest BCUT2D eigenvalue weighted by atomic mass is 19.4. The first-order valence-electron chi connectivity index (χ1n) is 12.6. The smallest absolute Gasteiger partial charge is 0.416 e. The highest BCUT2D eigenvalue weighted by Gasteiger charge is 2.41. The number of hydrogen-bond acceptors (Lipinski definition) is 5. The monoisotopic (exact) mass is 518 g/mol. The molecule has 2 N–H and O–H groups in total. The summed E-state index contributed by atoms with van der Waals surface area (Å²) in [6.07, 6.45) is -2.37. The second-order valence-corrected chi connectivity index (χ2v) is 11.1. The number of aryl methyl sites for hydroxylation is 1. The number of aliphatic carboxylic acids is 1. The lowest BCUT2D eigenvalue weighted by molar-refractivity contribution is -0.140. The van der Waals surface area contributed by atoms with Gasteiger partial charge in [-0.3, -0.25) is 14.5 Å². The van der Waals surface area contributed by atoms with Gasteiger partial charge >= 0.3 is 12.1 Å². The topological polar surface area (TPSA) is 95.4 Å². The molecular weight excluding hydrogens is 485 g/mol. The molecule has 3 fully saturated rings. The predicted molar refractivity (Wildman–Crippen MR) is 132 cm³/mol. The quantitative estimate of drug-likeness (QED) is 0.528. The second-order valence-electron chi connectivity index (χ2n) is 11.1. The lowest BCUT2D eigenvalue weighted by Crippen LogP contribution is -2.56. The molecule has 4 unspecified atom stereocenters. The van der Waals surface area contributed by atoms with Gasteiger partial charge in [0.1, 0.15) is 5.82 Å². The Labute approximate surface area is 214 Å². The molecule has 3 aliphatic rings. The van der Waals surface area contributed by atoms with Crippen LogP contribution in [0.25, 0.3) is 11.3 Å². The van der Waals surface area contributed by atoms with Crippen LogP contribution < -0.4 is 5.32 Å². The SMILES string of the molecule is Cc1nc(-c2ccc(C(F)(F)F)cc2)cc(C2CN3CCC2CC3CNC(=O)CC(C)(C)CC(=O)O)n1. The zero-order chi connectivity index (χ0) is 27.0. The maximum absolute atomic E-state index is 13.0. The summed E-state index contributed by atoms with van der Waals surface area (Å²) >= 11 is 0. The van der Waals surface area contributed by atoms with Gasteiger partial charge in [-0.2, -0.15) is 13.2 Å². The number of carboxylic acid groups (broad SMARTS) is 1. The minimum atomic E-state index is -4.38. The number of carbonyl (C=O) groups excluding carboxylic acids is 1. The van der Waals surface area contributed by atoms with E-state index in [0.29, 0.717) is 29.5 Å². The molecule has 0 aliphatic carbocycles. The third-order valence-corrected chi connectivity index (χ3v) is 7.43. The average Bonchev–Trinajstić information content (AvgIpc) is 2.81. The van der Waals surface area contributed by atoms with Crippen LogP contribution in [0.3, 0.4) is 0 Å². The number of piperidine rings is 3. The molecule has 3 saturated heterocycles. The van der Waals surface area contributed by atoms with Crippen LogP contribution in [-0.4, -0.2) is 57.5 Å². The molecule has 0 saturated carbocycles. The molecule has 0 spiro atoms. The lowest BCUT2D eigenvalue weighted by atomic mass is 9.74. The molecule has 2 aromatic rings. The van der Waals surface area contributed by atoms with E-state index in [1.807, 2.05) is 6.07 Å². The van der Waals surface area contributed by atoms with E-state index in [4.69, 9.17) is 5.11 Å². The lowest BCUT2D eigenvalue weighted by Gasteiger charge is -2.49. The molecule has 0 radical (unpaired) electrons. The zero-order valence-corrected chi connectivity index (χ0v) is 21.3. The summed E-state index contributed by atoms with van der Waals surface area (Å²) in [6, 6.07) is 7.13. The fraction of sp³-hybridized carbons (Fsp3) is 0.556. The van der Waals surface area contributed by atoms with Crippen LogP contribution >= 0.6 is 0 Å². The van der Waals surface area contributed by atoms with Crippen LogP contribution in [0.4, 0.5) is 13.2 Å². The Morgan fingerprint density at radius 2 is 1.84 bits per heavy atom. The van der Waals surface area contributed by atoms with Crippen molar-refractivity contribution in [3.8, 4) is 11.3 Å². The molecule has 4 heterocycles. The van der Waals surface area contributed by atoms with Crippen LogP contribution in [0.1, 0.15) is 62.5 Å². The van der Waals surface area contributed by atoms with Crippen molar-refractivity contribution in [3.05, 3.63) is 47.4 Å². The Hall–Kier alpha value is -3.01. The fourth-order valence-electron chi connectivity index (χ4n) is 5.64. The summed E-state index contributed by atoms with van der Waals surface area (Å²) in [7, 11) is 0. The highest BCUT2D eigenvalue weighted by Crippen LogP contribution is 2.42. The van der Waals surface area contributed by atoms with Gasteiger partial charge in [-0.25, -0.2) is 9.97 Å². The number of carbonyl (C=O) groups is 2. The van der Waals surface area contributed by atoms with E-state index in [9.17, 15) is 22.8 Å². The third kappa shape index (κ3) is 6.66. The molecule has 10 heteroatoms. The van der Waals surface area contributed by atoms with E-state index in [2.05, 4.69) is 20.2 Å². The summed E-state index contributed by atoms with van der Waals surface area (Å²) in [4.78, 5) is 35.0. The van der Waals surface area contributed by atoms with Gasteiger partial charge in [-0.05, 0) is 55.8 Å². The van der Waals surface area contributed by atoms with Crippen molar-refractivity contribution in [3.63, 3.8) is 0 Å². The minimum absolute atomic E-state index is 0.0630. The van der Waals surface area contributed by atoms with Gasteiger partial charge in [0, 0.05) is 42.7 Å². The van der Waals surface area contributed by atoms with Crippen molar-refractivity contribution in [2.45, 2.75) is 64.6 Å². The van der Waals surface area contributed by atoms with Crippen molar-refractivity contribution < 1.29 is 27.9 Å². The molecule has 1 aromatic heterocycles. The van der Waals surface area contributed by atoms with Crippen LogP contribution in [0.2, 0.25) is 0 Å². The molecule has 200 valence electrons. The van der Waals surface area contributed by atoms with E-state index < -0.39 is 23.1 Å². The van der Waals surface area contributed by atoms with Crippen molar-refractivity contribution in [1.29, 1.82) is 0 Å². The van der Waals surface area contributed by atoms with E-state index in [1.165, 1.54) is 12.1 Å². The fourth-order valence-corrected chi connectivity index (χ4v) is 5.64. The largest absolute Gasteiger partial charge is 0.481 e. The second kappa shape index (κ2) is 10.4. The van der Waals surface area contributed by atoms with Crippen molar-refractivity contribution >= 4 is 11.9 Å². The number of carboxylic acids is 1. The highest BCUT2D eigenvalue weighted by molar-refractivity contribution is 5.78. The van der Waals surface area contributed by atoms with E-state index in [1.54, 1.807) is 20.8 Å². The maximum atomic E-state index is 13.0. The Kier molecular flexibility index (Phi) is 7.60. The summed E-state index contributed by atoms with van der Waals surface area (Å²) in [5, 5.41) is 12.0. The maximum Gasteiger partial charge on any atom is 0.416 e. The predicted octanol–water partition coefficient (Wildman–Crippen LogP) is 4.66. The number of amides is 1. The molecule has 1 amide bonds. The number of aromatic nitrogens is 2. The van der Waals surface area contributed by atoms with Crippen molar-refractivity contribution in [1.82, 2.24) is 20.2 Å². The van der Waals surface area contributed by atoms with Gasteiger partial charge < -0.3 is 10.4 Å². The molecule has 3 aliphatic heterocycles. The van der Waals surface area contributed by atoms with E-state index >= 15 is 0 Å². The molecule has 1 aromatic carbocycles. The summed E-state index contributed by atoms with van der Waals surface area (Å²) in [5.41, 5.74) is 0.828. The van der Waals surface area contributed by atoms with Gasteiger partial charge in [-0.15, -0.1) is 0 Å².